The SMILES string of the molecule is CC1(C)CC(F)(F)CCN1. The fourth-order valence-electron chi connectivity index (χ4n) is 1.38. The van der Waals surface area contributed by atoms with Crippen LogP contribution in [0.15, 0.2) is 0 Å². The van der Waals surface area contributed by atoms with Crippen LogP contribution in [0.5, 0.6) is 0 Å². The van der Waals surface area contributed by atoms with E-state index in [4.69, 9.17) is 0 Å². The van der Waals surface area contributed by atoms with Crippen molar-refractivity contribution in [3.05, 3.63) is 0 Å². The van der Waals surface area contributed by atoms with Gasteiger partial charge in [-0.05, 0) is 13.8 Å². The van der Waals surface area contributed by atoms with Gasteiger partial charge in [0.15, 0.2) is 0 Å². The molecule has 0 amide bonds. The molecule has 0 aromatic carbocycles. The van der Waals surface area contributed by atoms with Gasteiger partial charge in [0.1, 0.15) is 0 Å². The van der Waals surface area contributed by atoms with Crippen molar-refractivity contribution in [1.82, 2.24) is 5.32 Å². The van der Waals surface area contributed by atoms with Gasteiger partial charge in [-0.2, -0.15) is 0 Å². The molecule has 3 heteroatoms. The van der Waals surface area contributed by atoms with E-state index in [9.17, 15) is 8.78 Å². The van der Waals surface area contributed by atoms with Crippen LogP contribution in [0.3, 0.4) is 0 Å². The van der Waals surface area contributed by atoms with E-state index in [0.29, 0.717) is 6.54 Å². The van der Waals surface area contributed by atoms with Crippen molar-refractivity contribution in [2.45, 2.75) is 38.2 Å². The summed E-state index contributed by atoms with van der Waals surface area (Å²) in [5, 5.41) is 3.03. The predicted octanol–water partition coefficient (Wildman–Crippen LogP) is 1.78. The minimum atomic E-state index is -2.45. The number of hydrogen-bond acceptors (Lipinski definition) is 1. The molecule has 1 N–H and O–H groups in total. The topological polar surface area (TPSA) is 12.0 Å². The van der Waals surface area contributed by atoms with Crippen LogP contribution in [-0.4, -0.2) is 18.0 Å². The van der Waals surface area contributed by atoms with Gasteiger partial charge in [-0.25, -0.2) is 8.78 Å². The van der Waals surface area contributed by atoms with Crippen molar-refractivity contribution in [3.63, 3.8) is 0 Å². The molecule has 60 valence electrons. The van der Waals surface area contributed by atoms with E-state index in [1.54, 1.807) is 13.8 Å². The van der Waals surface area contributed by atoms with Crippen LogP contribution in [-0.2, 0) is 0 Å². The first-order valence-electron chi connectivity index (χ1n) is 3.54. The Bertz CT molecular complexity index is 118. The van der Waals surface area contributed by atoms with Crippen LogP contribution >= 0.6 is 0 Å². The second kappa shape index (κ2) is 2.16. The molecule has 0 bridgehead atoms. The average molecular weight is 149 g/mol. The first kappa shape index (κ1) is 7.92. The summed E-state index contributed by atoms with van der Waals surface area (Å²) in [6.07, 6.45) is -0.0591. The van der Waals surface area contributed by atoms with Crippen LogP contribution in [0, 0.1) is 0 Å². The monoisotopic (exact) mass is 149 g/mol. The third-order valence-corrected chi connectivity index (χ3v) is 1.79. The Morgan fingerprint density at radius 3 is 2.20 bits per heavy atom. The largest absolute Gasteiger partial charge is 0.311 e. The molecule has 1 aliphatic heterocycles. The van der Waals surface area contributed by atoms with Gasteiger partial charge >= 0.3 is 0 Å². The highest BCUT2D eigenvalue weighted by Crippen LogP contribution is 2.32. The lowest BCUT2D eigenvalue weighted by Gasteiger charge is -2.36. The molecule has 10 heavy (non-hydrogen) atoms. The standard InChI is InChI=1S/C7H13F2N/c1-6(2)5-7(8,9)3-4-10-6/h10H,3-5H2,1-2H3. The van der Waals surface area contributed by atoms with Crippen LogP contribution in [0.1, 0.15) is 26.7 Å². The molecule has 1 rings (SSSR count). The highest BCUT2D eigenvalue weighted by molar-refractivity contribution is 4.89. The molecule has 0 aliphatic carbocycles. The lowest BCUT2D eigenvalue weighted by molar-refractivity contribution is -0.0560. The highest BCUT2D eigenvalue weighted by Gasteiger charge is 2.39. The molecular weight excluding hydrogens is 136 g/mol. The maximum Gasteiger partial charge on any atom is 0.251 e. The number of halogens is 2. The molecule has 1 saturated heterocycles. The molecule has 0 aromatic rings. The average Bonchev–Trinajstić information content (AvgIpc) is 1.56. The Kier molecular flexibility index (Phi) is 1.71. The zero-order valence-electron chi connectivity index (χ0n) is 6.38. The molecule has 0 spiro atoms. The molecule has 1 fully saturated rings. The van der Waals surface area contributed by atoms with Gasteiger partial charge in [-0.1, -0.05) is 0 Å². The quantitative estimate of drug-likeness (QED) is 0.553. The third-order valence-electron chi connectivity index (χ3n) is 1.79. The fraction of sp³-hybridized carbons (Fsp3) is 1.00. The van der Waals surface area contributed by atoms with E-state index in [1.807, 2.05) is 0 Å². The van der Waals surface area contributed by atoms with Crippen LogP contribution in [0.2, 0.25) is 0 Å². The predicted molar refractivity (Wildman–Crippen MR) is 36.3 cm³/mol. The summed E-state index contributed by atoms with van der Waals surface area (Å²) in [6.45, 7) is 4.04. The summed E-state index contributed by atoms with van der Waals surface area (Å²) in [4.78, 5) is 0. The first-order valence-corrected chi connectivity index (χ1v) is 3.54. The normalized spacial score (nSPS) is 30.0. The van der Waals surface area contributed by atoms with Gasteiger partial charge in [0.25, 0.3) is 5.92 Å². The third kappa shape index (κ3) is 1.90. The van der Waals surface area contributed by atoms with Crippen molar-refractivity contribution in [2.75, 3.05) is 6.54 Å². The maximum absolute atomic E-state index is 12.7. The van der Waals surface area contributed by atoms with Crippen LogP contribution < -0.4 is 5.32 Å². The van der Waals surface area contributed by atoms with E-state index < -0.39 is 5.92 Å². The Morgan fingerprint density at radius 2 is 1.90 bits per heavy atom. The van der Waals surface area contributed by atoms with Crippen molar-refractivity contribution < 1.29 is 8.78 Å². The smallest absolute Gasteiger partial charge is 0.251 e. The Labute approximate surface area is 59.8 Å². The number of alkyl halides is 2. The van der Waals surface area contributed by atoms with E-state index in [2.05, 4.69) is 5.32 Å². The zero-order valence-corrected chi connectivity index (χ0v) is 6.38. The first-order chi connectivity index (χ1) is 4.41. The van der Waals surface area contributed by atoms with E-state index in [1.165, 1.54) is 0 Å². The van der Waals surface area contributed by atoms with E-state index >= 15 is 0 Å². The summed E-state index contributed by atoms with van der Waals surface area (Å²) >= 11 is 0. The molecular formula is C7H13F2N. The van der Waals surface area contributed by atoms with Crippen LogP contribution in [0.4, 0.5) is 8.78 Å². The Hall–Kier alpha value is -0.180. The zero-order chi connectivity index (χ0) is 7.83. The molecule has 0 aromatic heterocycles. The molecule has 0 saturated carbocycles. The Balaban J connectivity index is 2.56. The van der Waals surface area contributed by atoms with Gasteiger partial charge in [-0.15, -0.1) is 0 Å². The molecule has 0 atom stereocenters. The molecule has 0 unspecified atom stereocenters. The second-order valence-electron chi connectivity index (χ2n) is 3.59. The molecule has 1 aliphatic rings. The van der Waals surface area contributed by atoms with Crippen molar-refractivity contribution >= 4 is 0 Å². The molecule has 1 heterocycles. The van der Waals surface area contributed by atoms with E-state index in [0.717, 1.165) is 0 Å². The Morgan fingerprint density at radius 1 is 1.30 bits per heavy atom. The summed E-state index contributed by atoms with van der Waals surface area (Å²) in [5.74, 6) is -2.45. The number of piperidine rings is 1. The number of hydrogen-bond donors (Lipinski definition) is 1. The fourth-order valence-corrected chi connectivity index (χ4v) is 1.38. The molecule has 0 radical (unpaired) electrons. The second-order valence-corrected chi connectivity index (χ2v) is 3.59. The van der Waals surface area contributed by atoms with Gasteiger partial charge < -0.3 is 5.32 Å². The minimum Gasteiger partial charge on any atom is -0.311 e. The number of rotatable bonds is 0. The lowest BCUT2D eigenvalue weighted by atomic mass is 9.90. The van der Waals surface area contributed by atoms with E-state index in [-0.39, 0.29) is 18.4 Å². The summed E-state index contributed by atoms with van der Waals surface area (Å²) < 4.78 is 25.3. The highest BCUT2D eigenvalue weighted by atomic mass is 19.3. The lowest BCUT2D eigenvalue weighted by Crippen LogP contribution is -2.50. The van der Waals surface area contributed by atoms with Gasteiger partial charge in [0.05, 0.1) is 0 Å². The minimum absolute atomic E-state index is 0.0174. The summed E-state index contributed by atoms with van der Waals surface area (Å²) in [6, 6.07) is 0. The number of nitrogens with one attached hydrogen (secondary N) is 1. The maximum atomic E-state index is 12.7. The summed E-state index contributed by atoms with van der Waals surface area (Å²) in [7, 11) is 0. The van der Waals surface area contributed by atoms with Gasteiger partial charge in [0, 0.05) is 24.9 Å². The van der Waals surface area contributed by atoms with Gasteiger partial charge in [-0.3, -0.25) is 0 Å². The van der Waals surface area contributed by atoms with Gasteiger partial charge in [0.2, 0.25) is 0 Å². The van der Waals surface area contributed by atoms with Crippen molar-refractivity contribution in [3.8, 4) is 0 Å². The molecule has 1 nitrogen and oxygen atoms in total. The summed E-state index contributed by atoms with van der Waals surface area (Å²) in [5.41, 5.74) is -0.387. The van der Waals surface area contributed by atoms with Crippen LogP contribution in [0.25, 0.3) is 0 Å². The van der Waals surface area contributed by atoms with Crippen molar-refractivity contribution in [2.24, 2.45) is 0 Å². The van der Waals surface area contributed by atoms with Crippen molar-refractivity contribution in [1.29, 1.82) is 0 Å².